The lowest BCUT2D eigenvalue weighted by atomic mass is 10.2. The zero-order valence-corrected chi connectivity index (χ0v) is 13.6. The third kappa shape index (κ3) is 3.67. The summed E-state index contributed by atoms with van der Waals surface area (Å²) in [4.78, 5) is 2.38. The minimum absolute atomic E-state index is 0.0228. The molecule has 1 aliphatic rings. The number of aromatic hydroxyl groups is 1. The van der Waals surface area contributed by atoms with Crippen LogP contribution in [0.15, 0.2) is 36.4 Å². The Bertz CT molecular complexity index is 670. The van der Waals surface area contributed by atoms with Gasteiger partial charge in [-0.25, -0.2) is 0 Å². The van der Waals surface area contributed by atoms with Crippen molar-refractivity contribution in [3.8, 4) is 17.2 Å². The smallest absolute Gasteiger partial charge is 0.169 e. The largest absolute Gasteiger partial charge is 0.504 e. The molecular weight excluding hydrogens is 321 g/mol. The highest BCUT2D eigenvalue weighted by Gasteiger charge is 2.16. The number of rotatable bonds is 4. The van der Waals surface area contributed by atoms with Gasteiger partial charge in [-0.2, -0.15) is 0 Å². The van der Waals surface area contributed by atoms with Crippen molar-refractivity contribution in [2.24, 2.45) is 0 Å². The van der Waals surface area contributed by atoms with Crippen molar-refractivity contribution in [2.45, 2.75) is 19.4 Å². The topological polar surface area (TPSA) is 32.7 Å². The normalized spacial score (nSPS) is 15.2. The van der Waals surface area contributed by atoms with E-state index in [0.717, 1.165) is 25.2 Å². The summed E-state index contributed by atoms with van der Waals surface area (Å²) in [7, 11) is 0. The zero-order chi connectivity index (χ0) is 15.5. The first-order valence-corrected chi connectivity index (χ1v) is 8.04. The fourth-order valence-corrected chi connectivity index (χ4v) is 3.01. The summed E-state index contributed by atoms with van der Waals surface area (Å²) in [5.74, 6) is 1.11. The second kappa shape index (κ2) is 6.78. The molecule has 2 aromatic carbocycles. The average molecular weight is 338 g/mol. The lowest BCUT2D eigenvalue weighted by Crippen LogP contribution is -2.18. The summed E-state index contributed by atoms with van der Waals surface area (Å²) in [6.45, 7) is 2.99. The van der Waals surface area contributed by atoms with Crippen LogP contribution in [0.4, 0.5) is 0 Å². The van der Waals surface area contributed by atoms with Crippen molar-refractivity contribution in [1.82, 2.24) is 4.90 Å². The predicted octanol–water partition coefficient (Wildman–Crippen LogP) is 5.09. The van der Waals surface area contributed by atoms with Crippen LogP contribution >= 0.6 is 23.2 Å². The van der Waals surface area contributed by atoms with Gasteiger partial charge in [-0.15, -0.1) is 0 Å². The number of hydrogen-bond donors (Lipinski definition) is 1. The highest BCUT2D eigenvalue weighted by atomic mass is 35.5. The molecule has 0 amide bonds. The van der Waals surface area contributed by atoms with E-state index in [-0.39, 0.29) is 5.75 Å². The van der Waals surface area contributed by atoms with Crippen molar-refractivity contribution in [3.05, 3.63) is 52.0 Å². The number of benzene rings is 2. The van der Waals surface area contributed by atoms with Crippen LogP contribution in [-0.2, 0) is 6.54 Å². The van der Waals surface area contributed by atoms with Crippen molar-refractivity contribution in [2.75, 3.05) is 13.1 Å². The molecule has 0 aliphatic carbocycles. The minimum Gasteiger partial charge on any atom is -0.504 e. The fraction of sp³-hybridized carbons (Fsp3) is 0.294. The maximum atomic E-state index is 9.94. The van der Waals surface area contributed by atoms with Gasteiger partial charge in [0.2, 0.25) is 0 Å². The van der Waals surface area contributed by atoms with Gasteiger partial charge in [0.25, 0.3) is 0 Å². The van der Waals surface area contributed by atoms with Gasteiger partial charge >= 0.3 is 0 Å². The predicted molar refractivity (Wildman–Crippen MR) is 89.2 cm³/mol. The molecule has 0 radical (unpaired) electrons. The standard InChI is InChI=1S/C17H17Cl2NO2/c18-13-3-5-16(12(9-13)11-20-7-1-2-8-20)22-17-6-4-14(19)10-15(17)21/h3-6,9-10,21H,1-2,7-8,11H2. The molecule has 3 nitrogen and oxygen atoms in total. The van der Waals surface area contributed by atoms with E-state index in [1.54, 1.807) is 18.2 Å². The van der Waals surface area contributed by atoms with Crippen LogP contribution in [0.1, 0.15) is 18.4 Å². The molecule has 0 bridgehead atoms. The van der Waals surface area contributed by atoms with E-state index < -0.39 is 0 Å². The van der Waals surface area contributed by atoms with E-state index in [1.807, 2.05) is 12.1 Å². The Hall–Kier alpha value is -1.42. The summed E-state index contributed by atoms with van der Waals surface area (Å²) in [6, 6.07) is 10.4. The molecule has 0 spiro atoms. The number of hydrogen-bond acceptors (Lipinski definition) is 3. The van der Waals surface area contributed by atoms with Gasteiger partial charge in [0, 0.05) is 28.2 Å². The molecule has 3 rings (SSSR count). The van der Waals surface area contributed by atoms with E-state index in [2.05, 4.69) is 4.90 Å². The molecule has 1 aliphatic heterocycles. The molecule has 5 heteroatoms. The summed E-state index contributed by atoms with van der Waals surface area (Å²) in [5, 5.41) is 11.1. The van der Waals surface area contributed by atoms with Crippen LogP contribution in [-0.4, -0.2) is 23.1 Å². The Labute approximate surface area is 140 Å². The molecule has 0 atom stereocenters. The maximum Gasteiger partial charge on any atom is 0.169 e. The van der Waals surface area contributed by atoms with Crippen molar-refractivity contribution in [3.63, 3.8) is 0 Å². The number of ether oxygens (including phenoxy) is 1. The van der Waals surface area contributed by atoms with Crippen molar-refractivity contribution >= 4 is 23.2 Å². The molecule has 1 heterocycles. The first-order valence-electron chi connectivity index (χ1n) is 7.29. The van der Waals surface area contributed by atoms with Gasteiger partial charge in [0.1, 0.15) is 5.75 Å². The highest BCUT2D eigenvalue weighted by molar-refractivity contribution is 6.31. The number of phenols is 1. The monoisotopic (exact) mass is 337 g/mol. The van der Waals surface area contributed by atoms with Crippen molar-refractivity contribution < 1.29 is 9.84 Å². The molecule has 1 fully saturated rings. The number of nitrogens with zero attached hydrogens (tertiary/aromatic N) is 1. The second-order valence-electron chi connectivity index (χ2n) is 5.45. The third-order valence-electron chi connectivity index (χ3n) is 3.76. The fourth-order valence-electron chi connectivity index (χ4n) is 2.65. The SMILES string of the molecule is Oc1cc(Cl)ccc1Oc1ccc(Cl)cc1CN1CCCC1. The van der Waals surface area contributed by atoms with Crippen LogP contribution in [0, 0.1) is 0 Å². The van der Waals surface area contributed by atoms with Gasteiger partial charge in [-0.3, -0.25) is 4.90 Å². The first-order chi connectivity index (χ1) is 10.6. The summed E-state index contributed by atoms with van der Waals surface area (Å²) >= 11 is 12.0. The number of likely N-dealkylation sites (tertiary alicyclic amines) is 1. The van der Waals surface area contributed by atoms with Gasteiger partial charge in [-0.1, -0.05) is 23.2 Å². The van der Waals surface area contributed by atoms with Gasteiger partial charge in [-0.05, 0) is 56.3 Å². The summed E-state index contributed by atoms with van der Waals surface area (Å²) < 4.78 is 5.87. The molecule has 0 saturated carbocycles. The van der Waals surface area contributed by atoms with E-state index >= 15 is 0 Å². The third-order valence-corrected chi connectivity index (χ3v) is 4.23. The minimum atomic E-state index is 0.0228. The van der Waals surface area contributed by atoms with Crippen LogP contribution in [0.25, 0.3) is 0 Å². The van der Waals surface area contributed by atoms with E-state index in [9.17, 15) is 5.11 Å². The molecule has 1 saturated heterocycles. The first kappa shape index (κ1) is 15.5. The quantitative estimate of drug-likeness (QED) is 0.843. The summed E-state index contributed by atoms with van der Waals surface area (Å²) in [5.41, 5.74) is 1.02. The lowest BCUT2D eigenvalue weighted by Gasteiger charge is -2.18. The van der Waals surface area contributed by atoms with E-state index in [4.69, 9.17) is 27.9 Å². The van der Waals surface area contributed by atoms with Gasteiger partial charge in [0.15, 0.2) is 11.5 Å². The van der Waals surface area contributed by atoms with Crippen LogP contribution < -0.4 is 4.74 Å². The summed E-state index contributed by atoms with van der Waals surface area (Å²) in [6.07, 6.45) is 2.46. The Morgan fingerprint density at radius 3 is 2.27 bits per heavy atom. The van der Waals surface area contributed by atoms with Crippen LogP contribution in [0.2, 0.25) is 10.0 Å². The molecule has 22 heavy (non-hydrogen) atoms. The van der Waals surface area contributed by atoms with Crippen LogP contribution in [0.3, 0.4) is 0 Å². The molecule has 0 unspecified atom stereocenters. The van der Waals surface area contributed by atoms with Crippen LogP contribution in [0.5, 0.6) is 17.2 Å². The number of phenolic OH excluding ortho intramolecular Hbond substituents is 1. The van der Waals surface area contributed by atoms with E-state index in [0.29, 0.717) is 21.5 Å². The average Bonchev–Trinajstić information content (AvgIpc) is 2.97. The lowest BCUT2D eigenvalue weighted by molar-refractivity contribution is 0.324. The molecule has 116 valence electrons. The van der Waals surface area contributed by atoms with Crippen molar-refractivity contribution in [1.29, 1.82) is 0 Å². The maximum absolute atomic E-state index is 9.94. The Morgan fingerprint density at radius 2 is 1.59 bits per heavy atom. The Balaban J connectivity index is 1.85. The number of halogens is 2. The molecular formula is C17H17Cl2NO2. The van der Waals surface area contributed by atoms with Gasteiger partial charge < -0.3 is 9.84 Å². The zero-order valence-electron chi connectivity index (χ0n) is 12.1. The highest BCUT2D eigenvalue weighted by Crippen LogP contribution is 2.35. The molecule has 1 N–H and O–H groups in total. The van der Waals surface area contributed by atoms with Gasteiger partial charge in [0.05, 0.1) is 0 Å². The molecule has 2 aromatic rings. The van der Waals surface area contributed by atoms with E-state index in [1.165, 1.54) is 18.9 Å². The Morgan fingerprint density at radius 1 is 0.955 bits per heavy atom. The Kier molecular flexibility index (Phi) is 4.77. The molecule has 0 aromatic heterocycles. The second-order valence-corrected chi connectivity index (χ2v) is 6.32.